The third-order valence-corrected chi connectivity index (χ3v) is 2.73. The van der Waals surface area contributed by atoms with Crippen molar-refractivity contribution < 1.29 is 21.7 Å². The van der Waals surface area contributed by atoms with E-state index in [9.17, 15) is 0 Å². The van der Waals surface area contributed by atoms with E-state index in [4.69, 9.17) is 0 Å². The third-order valence-electron chi connectivity index (χ3n) is 2.73. The minimum absolute atomic E-state index is 0. The zero-order chi connectivity index (χ0) is 10.6. The Morgan fingerprint density at radius 3 is 1.12 bits per heavy atom. The molecule has 0 aliphatic heterocycles. The predicted octanol–water partition coefficient (Wildman–Crippen LogP) is 5.33. The maximum absolute atomic E-state index is 3.19. The molecule has 2 rings (SSSR count). The molecule has 0 nitrogen and oxygen atoms in total. The summed E-state index contributed by atoms with van der Waals surface area (Å²) in [4.78, 5) is 0. The molecule has 3 heteroatoms. The molecule has 0 atom stereocenters. The minimum atomic E-state index is 0. The normalized spacial score (nSPS) is 15.8. The molecule has 0 saturated carbocycles. The molecule has 94 valence electrons. The zero-order valence-electron chi connectivity index (χ0n) is 10.9. The molecule has 0 amide bonds. The molecule has 0 aromatic rings. The van der Waals surface area contributed by atoms with Crippen LogP contribution >= 0.6 is 34.0 Å². The fraction of sp³-hybridized carbons (Fsp3) is 0.429. The van der Waals surface area contributed by atoms with Crippen LogP contribution in [0.15, 0.2) is 34.4 Å². The van der Waals surface area contributed by atoms with Crippen molar-refractivity contribution in [1.82, 2.24) is 0 Å². The van der Waals surface area contributed by atoms with Crippen LogP contribution in [0.5, 0.6) is 0 Å². The average molecular weight is 396 g/mol. The van der Waals surface area contributed by atoms with Gasteiger partial charge in [-0.2, -0.15) is 12.2 Å². The predicted molar refractivity (Wildman–Crippen MR) is 82.3 cm³/mol. The molecule has 0 fully saturated rings. The summed E-state index contributed by atoms with van der Waals surface area (Å²) in [5, 5.41) is 0. The van der Waals surface area contributed by atoms with Crippen molar-refractivity contribution in [3.63, 3.8) is 0 Å². The van der Waals surface area contributed by atoms with E-state index in [0.29, 0.717) is 0 Å². The number of halogens is 2. The van der Waals surface area contributed by atoms with Crippen molar-refractivity contribution in [1.29, 1.82) is 0 Å². The monoisotopic (exact) mass is 394 g/mol. The fourth-order valence-corrected chi connectivity index (χ4v) is 1.30. The number of rotatable bonds is 0. The van der Waals surface area contributed by atoms with Crippen LogP contribution in [-0.2, 0) is 21.7 Å². The van der Waals surface area contributed by atoms with Gasteiger partial charge in [-0.05, 0) is 0 Å². The van der Waals surface area contributed by atoms with Crippen molar-refractivity contribution in [2.45, 2.75) is 40.5 Å². The van der Waals surface area contributed by atoms with E-state index < -0.39 is 0 Å². The Morgan fingerprint density at radius 2 is 1.06 bits per heavy atom. The Morgan fingerprint density at radius 1 is 0.765 bits per heavy atom. The third kappa shape index (κ3) is 8.37. The topological polar surface area (TPSA) is 0 Å². The molecule has 0 saturated heterocycles. The quantitative estimate of drug-likeness (QED) is 0.384. The van der Waals surface area contributed by atoms with Crippen molar-refractivity contribution in [2.75, 3.05) is 0 Å². The van der Waals surface area contributed by atoms with E-state index in [1.54, 1.807) is 0 Å². The van der Waals surface area contributed by atoms with Crippen molar-refractivity contribution in [3.05, 3.63) is 46.6 Å². The summed E-state index contributed by atoms with van der Waals surface area (Å²) in [5.41, 5.74) is 5.42. The average Bonchev–Trinajstić information content (AvgIpc) is 2.67. The van der Waals surface area contributed by atoms with Gasteiger partial charge in [-0.25, -0.2) is 22.3 Å². The second kappa shape index (κ2) is 11.7. The van der Waals surface area contributed by atoms with Gasteiger partial charge in [0.1, 0.15) is 0 Å². The van der Waals surface area contributed by atoms with Gasteiger partial charge in [0.15, 0.2) is 0 Å². The SMILES string of the molecule is Br.Br.CC1=[C-]CC=C1C.CC1=[C-]CC=C1C.[Ti+2]. The number of hydrogen-bond donors (Lipinski definition) is 0. The van der Waals surface area contributed by atoms with Crippen molar-refractivity contribution in [3.8, 4) is 0 Å². The molecule has 0 bridgehead atoms. The summed E-state index contributed by atoms with van der Waals surface area (Å²) in [5.74, 6) is 0. The van der Waals surface area contributed by atoms with Crippen LogP contribution in [0.2, 0.25) is 0 Å². The molecule has 0 aromatic heterocycles. The Bertz CT molecular complexity index is 270. The molecule has 2 aliphatic rings. The molecular formula is C14H20Br2Ti. The summed E-state index contributed by atoms with van der Waals surface area (Å²) < 4.78 is 0. The first kappa shape index (κ1) is 22.8. The van der Waals surface area contributed by atoms with Crippen molar-refractivity contribution in [2.24, 2.45) is 0 Å². The van der Waals surface area contributed by atoms with Gasteiger partial charge < -0.3 is 0 Å². The first-order valence-corrected chi connectivity index (χ1v) is 5.10. The van der Waals surface area contributed by atoms with Gasteiger partial charge in [0.05, 0.1) is 0 Å². The Hall–Kier alpha value is 0.634. The maximum atomic E-state index is 3.19. The van der Waals surface area contributed by atoms with E-state index in [0.717, 1.165) is 12.8 Å². The molecule has 0 unspecified atom stereocenters. The summed E-state index contributed by atoms with van der Waals surface area (Å²) >= 11 is 0. The van der Waals surface area contributed by atoms with E-state index in [2.05, 4.69) is 52.0 Å². The van der Waals surface area contributed by atoms with Gasteiger partial charge in [-0.15, -0.1) is 60.7 Å². The standard InChI is InChI=1S/2C7H9.2BrH.Ti/c2*1-6-4-3-5-7(6)2;;;/h2*4H,3H2,1-2H3;2*1H;/q2*-1;;;+2. The van der Waals surface area contributed by atoms with E-state index in [1.807, 2.05) is 0 Å². The molecule has 0 N–H and O–H groups in total. The zero-order valence-corrected chi connectivity index (χ0v) is 15.9. The molecule has 17 heavy (non-hydrogen) atoms. The number of hydrogen-bond acceptors (Lipinski definition) is 0. The molecule has 0 radical (unpaired) electrons. The van der Waals surface area contributed by atoms with Gasteiger partial charge in [-0.3, -0.25) is 12.2 Å². The Kier molecular flexibility index (Phi) is 15.7. The van der Waals surface area contributed by atoms with Crippen LogP contribution in [0.25, 0.3) is 0 Å². The van der Waals surface area contributed by atoms with Gasteiger partial charge in [0, 0.05) is 0 Å². The number of allylic oxidation sites excluding steroid dienone is 8. The maximum Gasteiger partial charge on any atom is 2.00 e. The molecule has 0 heterocycles. The van der Waals surface area contributed by atoms with Gasteiger partial charge >= 0.3 is 21.7 Å². The first-order valence-electron chi connectivity index (χ1n) is 5.10. The van der Waals surface area contributed by atoms with Crippen LogP contribution in [-0.4, -0.2) is 0 Å². The second-order valence-corrected chi connectivity index (χ2v) is 3.79. The van der Waals surface area contributed by atoms with Crippen LogP contribution in [0, 0.1) is 12.2 Å². The largest absolute Gasteiger partial charge is 2.00 e. The summed E-state index contributed by atoms with van der Waals surface area (Å²) in [6.45, 7) is 8.43. The summed E-state index contributed by atoms with van der Waals surface area (Å²) in [6, 6.07) is 0. The van der Waals surface area contributed by atoms with Crippen LogP contribution in [0.1, 0.15) is 40.5 Å². The molecule has 2 aliphatic carbocycles. The summed E-state index contributed by atoms with van der Waals surface area (Å²) in [7, 11) is 0. The smallest absolute Gasteiger partial charge is 0.270 e. The Balaban J connectivity index is -0.000000196. The minimum Gasteiger partial charge on any atom is -0.270 e. The molecule has 0 spiro atoms. The van der Waals surface area contributed by atoms with Crippen LogP contribution in [0.3, 0.4) is 0 Å². The Labute approximate surface area is 142 Å². The van der Waals surface area contributed by atoms with E-state index >= 15 is 0 Å². The van der Waals surface area contributed by atoms with Crippen LogP contribution in [0.4, 0.5) is 0 Å². The summed E-state index contributed by atoms with van der Waals surface area (Å²) in [6.07, 6.45) is 12.8. The van der Waals surface area contributed by atoms with Gasteiger partial charge in [-0.1, -0.05) is 13.8 Å². The van der Waals surface area contributed by atoms with Crippen molar-refractivity contribution >= 4 is 34.0 Å². The fourth-order valence-electron chi connectivity index (χ4n) is 1.30. The molecular weight excluding hydrogens is 376 g/mol. The van der Waals surface area contributed by atoms with Crippen LogP contribution < -0.4 is 0 Å². The second-order valence-electron chi connectivity index (χ2n) is 3.79. The van der Waals surface area contributed by atoms with Gasteiger partial charge in [0.2, 0.25) is 0 Å². The van der Waals surface area contributed by atoms with E-state index in [1.165, 1.54) is 22.3 Å². The molecule has 0 aromatic carbocycles. The first-order chi connectivity index (χ1) is 6.61. The van der Waals surface area contributed by atoms with Gasteiger partial charge in [0.25, 0.3) is 0 Å². The van der Waals surface area contributed by atoms with E-state index in [-0.39, 0.29) is 55.7 Å².